The average molecular weight is 276 g/mol. The first-order valence-electron chi connectivity index (χ1n) is 7.48. The van der Waals surface area contributed by atoms with Gasteiger partial charge in [0.15, 0.2) is 0 Å². The van der Waals surface area contributed by atoms with Gasteiger partial charge in [-0.3, -0.25) is 0 Å². The molecular weight excluding hydrogens is 252 g/mol. The molecule has 0 spiro atoms. The fourth-order valence-corrected chi connectivity index (χ4v) is 2.27. The minimum Gasteiger partial charge on any atom is -0.494 e. The molecule has 0 aromatic heterocycles. The predicted molar refractivity (Wildman–Crippen MR) is 81.2 cm³/mol. The van der Waals surface area contributed by atoms with Crippen molar-refractivity contribution in [2.75, 3.05) is 25.0 Å². The highest BCUT2D eigenvalue weighted by Gasteiger charge is 2.20. The molecule has 1 saturated heterocycles. The topological polar surface area (TPSA) is 41.6 Å². The summed E-state index contributed by atoms with van der Waals surface area (Å²) in [4.78, 5) is 14.0. The van der Waals surface area contributed by atoms with E-state index in [9.17, 15) is 4.79 Å². The van der Waals surface area contributed by atoms with Crippen molar-refractivity contribution in [2.24, 2.45) is 5.92 Å². The van der Waals surface area contributed by atoms with Crippen molar-refractivity contribution in [1.29, 1.82) is 0 Å². The number of nitrogens with zero attached hydrogens (tertiary/aromatic N) is 1. The molecule has 0 radical (unpaired) electrons. The molecule has 20 heavy (non-hydrogen) atoms. The van der Waals surface area contributed by atoms with Crippen LogP contribution in [0.15, 0.2) is 24.3 Å². The zero-order chi connectivity index (χ0) is 14.4. The maximum atomic E-state index is 12.1. The number of amides is 2. The molecule has 2 amide bonds. The summed E-state index contributed by atoms with van der Waals surface area (Å²) in [6.07, 6.45) is 3.18. The van der Waals surface area contributed by atoms with Gasteiger partial charge >= 0.3 is 6.03 Å². The van der Waals surface area contributed by atoms with E-state index in [-0.39, 0.29) is 6.03 Å². The first-order valence-corrected chi connectivity index (χ1v) is 7.48. The van der Waals surface area contributed by atoms with Gasteiger partial charge in [-0.1, -0.05) is 13.8 Å². The van der Waals surface area contributed by atoms with Gasteiger partial charge in [-0.25, -0.2) is 4.79 Å². The van der Waals surface area contributed by atoms with Crippen LogP contribution >= 0.6 is 0 Å². The van der Waals surface area contributed by atoms with Gasteiger partial charge in [-0.2, -0.15) is 0 Å². The number of hydrogen-bond donors (Lipinski definition) is 1. The van der Waals surface area contributed by atoms with Crippen LogP contribution in [-0.2, 0) is 0 Å². The van der Waals surface area contributed by atoms with Crippen LogP contribution in [0.1, 0.15) is 33.1 Å². The Hall–Kier alpha value is -1.71. The average Bonchev–Trinajstić information content (AvgIpc) is 2.47. The number of carbonyl (C=O) groups is 1. The number of benzene rings is 1. The number of likely N-dealkylation sites (tertiary alicyclic amines) is 1. The molecule has 0 atom stereocenters. The standard InChI is InChI=1S/C16H24N2O2/c1-3-12-20-15-6-4-14(5-7-15)17-16(19)18-10-8-13(2)9-11-18/h4-7,13H,3,8-12H2,1-2H3,(H,17,19). The third-order valence-electron chi connectivity index (χ3n) is 3.65. The zero-order valence-corrected chi connectivity index (χ0v) is 12.4. The molecule has 0 saturated carbocycles. The largest absolute Gasteiger partial charge is 0.494 e. The van der Waals surface area contributed by atoms with Gasteiger partial charge in [0.1, 0.15) is 5.75 Å². The van der Waals surface area contributed by atoms with Crippen LogP contribution < -0.4 is 10.1 Å². The van der Waals surface area contributed by atoms with E-state index in [1.807, 2.05) is 29.2 Å². The van der Waals surface area contributed by atoms with Crippen LogP contribution in [0.4, 0.5) is 10.5 Å². The van der Waals surface area contributed by atoms with Crippen LogP contribution in [0.25, 0.3) is 0 Å². The highest BCUT2D eigenvalue weighted by molar-refractivity contribution is 5.89. The maximum absolute atomic E-state index is 12.1. The first-order chi connectivity index (χ1) is 9.69. The summed E-state index contributed by atoms with van der Waals surface area (Å²) < 4.78 is 5.52. The summed E-state index contributed by atoms with van der Waals surface area (Å²) in [6.45, 7) is 6.74. The molecule has 0 aliphatic carbocycles. The maximum Gasteiger partial charge on any atom is 0.321 e. The molecule has 1 aromatic carbocycles. The second kappa shape index (κ2) is 7.17. The van der Waals surface area contributed by atoms with Gasteiger partial charge in [0.2, 0.25) is 0 Å². The normalized spacial score (nSPS) is 16.0. The van der Waals surface area contributed by atoms with Gasteiger partial charge in [0, 0.05) is 18.8 Å². The Kier molecular flexibility index (Phi) is 5.27. The van der Waals surface area contributed by atoms with Crippen molar-refractivity contribution in [3.63, 3.8) is 0 Å². The summed E-state index contributed by atoms with van der Waals surface area (Å²) in [5.41, 5.74) is 0.817. The van der Waals surface area contributed by atoms with Crippen molar-refractivity contribution in [2.45, 2.75) is 33.1 Å². The Morgan fingerprint density at radius 3 is 2.55 bits per heavy atom. The third-order valence-corrected chi connectivity index (χ3v) is 3.65. The lowest BCUT2D eigenvalue weighted by Gasteiger charge is -2.30. The number of anilines is 1. The third kappa shape index (κ3) is 4.15. The minimum absolute atomic E-state index is 0.000809. The molecule has 0 bridgehead atoms. The number of ether oxygens (including phenoxy) is 1. The Labute approximate surface area is 121 Å². The minimum atomic E-state index is -0.000809. The Morgan fingerprint density at radius 1 is 1.30 bits per heavy atom. The van der Waals surface area contributed by atoms with Gasteiger partial charge in [-0.05, 0) is 49.4 Å². The monoisotopic (exact) mass is 276 g/mol. The van der Waals surface area contributed by atoms with Crippen molar-refractivity contribution >= 4 is 11.7 Å². The molecule has 1 N–H and O–H groups in total. The van der Waals surface area contributed by atoms with Crippen LogP contribution in [0.3, 0.4) is 0 Å². The van der Waals surface area contributed by atoms with E-state index in [2.05, 4.69) is 19.2 Å². The number of carbonyl (C=O) groups excluding carboxylic acids is 1. The van der Waals surface area contributed by atoms with Gasteiger partial charge < -0.3 is 15.0 Å². The van der Waals surface area contributed by atoms with Crippen LogP contribution in [-0.4, -0.2) is 30.6 Å². The molecular formula is C16H24N2O2. The van der Waals surface area contributed by atoms with E-state index in [1.165, 1.54) is 0 Å². The molecule has 4 heteroatoms. The molecule has 4 nitrogen and oxygen atoms in total. The van der Waals surface area contributed by atoms with Crippen molar-refractivity contribution < 1.29 is 9.53 Å². The van der Waals surface area contributed by atoms with Gasteiger partial charge in [-0.15, -0.1) is 0 Å². The quantitative estimate of drug-likeness (QED) is 0.910. The Bertz CT molecular complexity index is 423. The van der Waals surface area contributed by atoms with Crippen LogP contribution in [0.2, 0.25) is 0 Å². The van der Waals surface area contributed by atoms with Gasteiger partial charge in [0.25, 0.3) is 0 Å². The molecule has 0 unspecified atom stereocenters. The first kappa shape index (κ1) is 14.7. The van der Waals surface area contributed by atoms with E-state index in [0.717, 1.165) is 56.3 Å². The SMILES string of the molecule is CCCOc1ccc(NC(=O)N2CCC(C)CC2)cc1. The second-order valence-electron chi connectivity index (χ2n) is 5.47. The number of urea groups is 1. The highest BCUT2D eigenvalue weighted by atomic mass is 16.5. The summed E-state index contributed by atoms with van der Waals surface area (Å²) in [6, 6.07) is 7.55. The highest BCUT2D eigenvalue weighted by Crippen LogP contribution is 2.19. The summed E-state index contributed by atoms with van der Waals surface area (Å²) in [5.74, 6) is 1.57. The lowest BCUT2D eigenvalue weighted by molar-refractivity contribution is 0.186. The predicted octanol–water partition coefficient (Wildman–Crippen LogP) is 3.74. The van der Waals surface area contributed by atoms with Gasteiger partial charge in [0.05, 0.1) is 6.61 Å². The number of rotatable bonds is 4. The Balaban J connectivity index is 1.84. The number of piperidine rings is 1. The molecule has 1 heterocycles. The molecule has 1 aliphatic rings. The van der Waals surface area contributed by atoms with Crippen molar-refractivity contribution in [3.8, 4) is 5.75 Å². The lowest BCUT2D eigenvalue weighted by Crippen LogP contribution is -2.40. The van der Waals surface area contributed by atoms with E-state index in [0.29, 0.717) is 0 Å². The number of nitrogens with one attached hydrogen (secondary N) is 1. The van der Waals surface area contributed by atoms with Crippen molar-refractivity contribution in [3.05, 3.63) is 24.3 Å². The fraction of sp³-hybridized carbons (Fsp3) is 0.562. The summed E-state index contributed by atoms with van der Waals surface area (Å²) >= 11 is 0. The second-order valence-corrected chi connectivity index (χ2v) is 5.47. The van der Waals surface area contributed by atoms with E-state index in [4.69, 9.17) is 4.74 Å². The lowest BCUT2D eigenvalue weighted by atomic mass is 10.00. The molecule has 2 rings (SSSR count). The van der Waals surface area contributed by atoms with Crippen LogP contribution in [0, 0.1) is 5.92 Å². The van der Waals surface area contributed by atoms with E-state index >= 15 is 0 Å². The molecule has 110 valence electrons. The molecule has 1 aliphatic heterocycles. The van der Waals surface area contributed by atoms with E-state index < -0.39 is 0 Å². The van der Waals surface area contributed by atoms with Crippen LogP contribution in [0.5, 0.6) is 5.75 Å². The molecule has 1 aromatic rings. The fourth-order valence-electron chi connectivity index (χ4n) is 2.27. The smallest absolute Gasteiger partial charge is 0.321 e. The molecule has 1 fully saturated rings. The Morgan fingerprint density at radius 2 is 1.95 bits per heavy atom. The zero-order valence-electron chi connectivity index (χ0n) is 12.4. The van der Waals surface area contributed by atoms with Crippen molar-refractivity contribution in [1.82, 2.24) is 4.90 Å². The van der Waals surface area contributed by atoms with E-state index in [1.54, 1.807) is 0 Å². The number of hydrogen-bond acceptors (Lipinski definition) is 2. The summed E-state index contributed by atoms with van der Waals surface area (Å²) in [7, 11) is 0. The summed E-state index contributed by atoms with van der Waals surface area (Å²) in [5, 5.41) is 2.94.